The molecule has 7 nitrogen and oxygen atoms in total. The third-order valence-corrected chi connectivity index (χ3v) is 1.88. The van der Waals surface area contributed by atoms with E-state index >= 15 is 0 Å². The summed E-state index contributed by atoms with van der Waals surface area (Å²) >= 11 is 4.67. The van der Waals surface area contributed by atoms with E-state index in [1.165, 1.54) is 0 Å². The average molecular weight is 280 g/mol. The van der Waals surface area contributed by atoms with E-state index in [9.17, 15) is 4.79 Å². The number of likely N-dealkylation sites (N-methyl/N-ethyl adjacent to an activating group) is 2. The Kier molecular flexibility index (Phi) is 9.25. The minimum absolute atomic E-state index is 0.212. The molecular weight excluding hydrogens is 260 g/mol. The molecule has 0 atom stereocenters. The first-order chi connectivity index (χ1) is 8.41. The van der Waals surface area contributed by atoms with E-state index in [4.69, 9.17) is 9.47 Å². The Hall–Kier alpha value is -1.12. The lowest BCUT2D eigenvalue weighted by molar-refractivity contribution is -0.195. The Morgan fingerprint density at radius 2 is 1.44 bits per heavy atom. The van der Waals surface area contributed by atoms with Crippen molar-refractivity contribution in [1.29, 1.82) is 0 Å². The van der Waals surface area contributed by atoms with Crippen LogP contribution in [0, 0.1) is 0 Å². The highest BCUT2D eigenvalue weighted by atomic mass is 32.1. The molecule has 0 spiro atoms. The topological polar surface area (TPSA) is 60.5 Å². The van der Waals surface area contributed by atoms with Crippen LogP contribution in [0.15, 0.2) is 0 Å². The lowest BCUT2D eigenvalue weighted by Crippen LogP contribution is -2.22. The fraction of sp³-hybridized carbons (Fsp3) is 0.800. The monoisotopic (exact) mass is 280 g/mol. The molecule has 0 fully saturated rings. The summed E-state index contributed by atoms with van der Waals surface area (Å²) in [4.78, 5) is 23.5. The number of rotatable bonds is 6. The number of hydrogen-bond acceptors (Lipinski definition) is 8. The van der Waals surface area contributed by atoms with Gasteiger partial charge in [-0.1, -0.05) is 0 Å². The molecule has 8 heteroatoms. The van der Waals surface area contributed by atoms with Gasteiger partial charge in [-0.25, -0.2) is 9.78 Å². The number of carbonyl (C=O) groups is 1. The maximum Gasteiger partial charge on any atom is 0.549 e. The smallest absolute Gasteiger partial charge is 0.453 e. The van der Waals surface area contributed by atoms with Gasteiger partial charge in [0, 0.05) is 25.3 Å². The quantitative estimate of drug-likeness (QED) is 0.302. The maximum absolute atomic E-state index is 11.0. The Balaban J connectivity index is 3.50. The van der Waals surface area contributed by atoms with E-state index in [-0.39, 0.29) is 11.8 Å². The van der Waals surface area contributed by atoms with Crippen LogP contribution in [-0.4, -0.2) is 75.7 Å². The van der Waals surface area contributed by atoms with Crippen molar-refractivity contribution in [3.63, 3.8) is 0 Å². The molecule has 0 amide bonds. The second kappa shape index (κ2) is 9.86. The molecule has 0 unspecified atom stereocenters. The third-order valence-electron chi connectivity index (χ3n) is 1.69. The van der Waals surface area contributed by atoms with Gasteiger partial charge in [0.15, 0.2) is 0 Å². The van der Waals surface area contributed by atoms with Crippen molar-refractivity contribution in [2.75, 3.05) is 54.5 Å². The van der Waals surface area contributed by atoms with Gasteiger partial charge in [0.1, 0.15) is 13.2 Å². The zero-order valence-electron chi connectivity index (χ0n) is 11.2. The molecule has 0 aromatic carbocycles. The number of nitrogens with zero attached hydrogens (tertiary/aromatic N) is 2. The van der Waals surface area contributed by atoms with Gasteiger partial charge in [-0.15, -0.1) is 0 Å². The fourth-order valence-corrected chi connectivity index (χ4v) is 0.857. The summed E-state index contributed by atoms with van der Waals surface area (Å²) in [6, 6.07) is 0. The van der Waals surface area contributed by atoms with E-state index in [1.807, 2.05) is 38.0 Å². The summed E-state index contributed by atoms with van der Waals surface area (Å²) < 4.78 is 9.67. The van der Waals surface area contributed by atoms with Crippen LogP contribution in [-0.2, 0) is 19.2 Å². The largest absolute Gasteiger partial charge is 0.549 e. The van der Waals surface area contributed by atoms with Crippen molar-refractivity contribution >= 4 is 23.6 Å². The summed E-state index contributed by atoms with van der Waals surface area (Å²) in [6.45, 7) is 1.84. The summed E-state index contributed by atoms with van der Waals surface area (Å²) in [5.74, 6) is 0. The van der Waals surface area contributed by atoms with Gasteiger partial charge in [0.2, 0.25) is 0 Å². The summed E-state index contributed by atoms with van der Waals surface area (Å²) in [6.07, 6.45) is -0.949. The fourth-order valence-electron chi connectivity index (χ4n) is 0.739. The van der Waals surface area contributed by atoms with Gasteiger partial charge in [0.05, 0.1) is 0 Å². The van der Waals surface area contributed by atoms with Gasteiger partial charge in [-0.05, 0) is 28.2 Å². The molecule has 0 bridgehead atoms. The standard InChI is InChI=1S/C10H20N2O5S/c1-11(2)5-7-14-9(13)16-17-10(18)15-8-6-12(3)4/h5-8H2,1-4H3. The van der Waals surface area contributed by atoms with Gasteiger partial charge < -0.3 is 19.3 Å². The molecule has 0 saturated carbocycles. The first kappa shape index (κ1) is 16.9. The Morgan fingerprint density at radius 3 is 1.94 bits per heavy atom. The van der Waals surface area contributed by atoms with Crippen LogP contribution in [0.3, 0.4) is 0 Å². The van der Waals surface area contributed by atoms with Crippen molar-refractivity contribution in [3.05, 3.63) is 0 Å². The minimum Gasteiger partial charge on any atom is -0.453 e. The lowest BCUT2D eigenvalue weighted by Gasteiger charge is -2.11. The van der Waals surface area contributed by atoms with Crippen LogP contribution in [0.25, 0.3) is 0 Å². The highest BCUT2D eigenvalue weighted by Gasteiger charge is 2.09. The Bertz CT molecular complexity index is 235. The summed E-state index contributed by atoms with van der Waals surface area (Å²) in [7, 11) is 7.51. The van der Waals surface area contributed by atoms with Crippen LogP contribution in [0.2, 0.25) is 0 Å². The predicted octanol–water partition coefficient (Wildman–Crippen LogP) is 0.496. The van der Waals surface area contributed by atoms with Gasteiger partial charge in [-0.3, -0.25) is 0 Å². The Labute approximate surface area is 112 Å². The molecule has 0 heterocycles. The van der Waals surface area contributed by atoms with E-state index in [2.05, 4.69) is 22.0 Å². The first-order valence-corrected chi connectivity index (χ1v) is 5.80. The van der Waals surface area contributed by atoms with Crippen molar-refractivity contribution in [2.45, 2.75) is 0 Å². The molecule has 0 aliphatic heterocycles. The molecule has 0 N–H and O–H groups in total. The maximum atomic E-state index is 11.0. The number of thiocarbonyl (C=S) groups is 1. The van der Waals surface area contributed by atoms with E-state index < -0.39 is 6.16 Å². The molecule has 0 aromatic rings. The van der Waals surface area contributed by atoms with Crippen molar-refractivity contribution < 1.29 is 24.0 Å². The highest BCUT2D eigenvalue weighted by Crippen LogP contribution is 1.92. The van der Waals surface area contributed by atoms with E-state index in [0.717, 1.165) is 0 Å². The normalized spacial score (nSPS) is 10.3. The predicted molar refractivity (Wildman–Crippen MR) is 69.2 cm³/mol. The molecule has 18 heavy (non-hydrogen) atoms. The number of carbonyl (C=O) groups excluding carboxylic acids is 1. The van der Waals surface area contributed by atoms with Crippen molar-refractivity contribution in [2.24, 2.45) is 0 Å². The summed E-state index contributed by atoms with van der Waals surface area (Å²) in [5, 5.41) is -0.249. The van der Waals surface area contributed by atoms with Gasteiger partial charge in [0.25, 0.3) is 0 Å². The van der Waals surface area contributed by atoms with Crippen LogP contribution < -0.4 is 0 Å². The summed E-state index contributed by atoms with van der Waals surface area (Å²) in [5.41, 5.74) is 0. The van der Waals surface area contributed by atoms with Crippen LogP contribution >= 0.6 is 12.2 Å². The zero-order valence-corrected chi connectivity index (χ0v) is 12.0. The second-order valence-corrected chi connectivity index (χ2v) is 4.30. The molecule has 106 valence electrons. The van der Waals surface area contributed by atoms with E-state index in [1.54, 1.807) is 0 Å². The molecule has 0 rings (SSSR count). The zero-order chi connectivity index (χ0) is 14.0. The number of hydrogen-bond donors (Lipinski definition) is 0. The molecule has 0 saturated heterocycles. The van der Waals surface area contributed by atoms with E-state index in [0.29, 0.717) is 19.7 Å². The third kappa shape index (κ3) is 11.4. The second-order valence-electron chi connectivity index (χ2n) is 3.97. The van der Waals surface area contributed by atoms with Crippen LogP contribution in [0.1, 0.15) is 0 Å². The van der Waals surface area contributed by atoms with Crippen molar-refractivity contribution in [1.82, 2.24) is 9.80 Å². The van der Waals surface area contributed by atoms with Gasteiger partial charge >= 0.3 is 11.4 Å². The van der Waals surface area contributed by atoms with Crippen LogP contribution in [0.5, 0.6) is 0 Å². The van der Waals surface area contributed by atoms with Gasteiger partial charge in [-0.2, -0.15) is 4.79 Å². The Morgan fingerprint density at radius 1 is 0.944 bits per heavy atom. The molecular formula is C10H20N2O5S. The first-order valence-electron chi connectivity index (χ1n) is 5.39. The number of ether oxygens (including phenoxy) is 2. The highest BCUT2D eigenvalue weighted by molar-refractivity contribution is 7.79. The SMILES string of the molecule is CN(C)CCOC(=O)OOC(=S)OCCN(C)C. The van der Waals surface area contributed by atoms with Crippen molar-refractivity contribution in [3.8, 4) is 0 Å². The minimum atomic E-state index is -0.949. The molecule has 0 radical (unpaired) electrons. The molecule has 0 aromatic heterocycles. The lowest BCUT2D eigenvalue weighted by atomic mass is 10.6. The average Bonchev–Trinajstić information content (AvgIpc) is 2.25. The van der Waals surface area contributed by atoms with Crippen LogP contribution in [0.4, 0.5) is 4.79 Å². The molecule has 0 aliphatic carbocycles. The molecule has 0 aliphatic rings.